The Kier molecular flexibility index (Phi) is 6.44. The monoisotopic (exact) mass is 317 g/mol. The summed E-state index contributed by atoms with van der Waals surface area (Å²) in [6.45, 7) is 7.21. The van der Waals surface area contributed by atoms with Crippen LogP contribution < -0.4 is 5.32 Å². The first-order valence-electron chi connectivity index (χ1n) is 8.51. The molecule has 1 unspecified atom stereocenters. The summed E-state index contributed by atoms with van der Waals surface area (Å²) in [6, 6.07) is 9.78. The van der Waals surface area contributed by atoms with E-state index in [-0.39, 0.29) is 17.9 Å². The van der Waals surface area contributed by atoms with E-state index in [2.05, 4.69) is 5.32 Å². The Hall–Kier alpha value is -2.04. The second-order valence-corrected chi connectivity index (χ2v) is 5.94. The van der Waals surface area contributed by atoms with Crippen molar-refractivity contribution in [2.45, 2.75) is 33.2 Å². The number of nitrogens with zero attached hydrogens (tertiary/aromatic N) is 2. The van der Waals surface area contributed by atoms with Gasteiger partial charge in [-0.05, 0) is 32.3 Å². The van der Waals surface area contributed by atoms with Crippen LogP contribution in [0, 0.1) is 5.92 Å². The van der Waals surface area contributed by atoms with E-state index in [9.17, 15) is 9.59 Å². The molecule has 3 amide bonds. The number of carbonyl (C=O) groups is 2. The molecule has 1 heterocycles. The van der Waals surface area contributed by atoms with Crippen molar-refractivity contribution in [3.63, 3.8) is 0 Å². The SMILES string of the molecule is CCN(CC)C(=O)C1CCCN(C(=O)NCc2ccccc2)C1. The van der Waals surface area contributed by atoms with E-state index in [1.807, 2.05) is 49.1 Å². The smallest absolute Gasteiger partial charge is 0.317 e. The van der Waals surface area contributed by atoms with Crippen molar-refractivity contribution in [2.75, 3.05) is 26.2 Å². The van der Waals surface area contributed by atoms with E-state index in [4.69, 9.17) is 0 Å². The van der Waals surface area contributed by atoms with Crippen LogP contribution in [-0.4, -0.2) is 47.9 Å². The molecule has 5 heteroatoms. The summed E-state index contributed by atoms with van der Waals surface area (Å²) >= 11 is 0. The maximum absolute atomic E-state index is 12.5. The Labute approximate surface area is 138 Å². The lowest BCUT2D eigenvalue weighted by Crippen LogP contribution is -2.49. The molecule has 1 saturated heterocycles. The van der Waals surface area contributed by atoms with Gasteiger partial charge in [-0.2, -0.15) is 0 Å². The molecule has 1 aromatic carbocycles. The number of amides is 3. The summed E-state index contributed by atoms with van der Waals surface area (Å²) in [4.78, 5) is 28.4. The van der Waals surface area contributed by atoms with Gasteiger partial charge in [0.15, 0.2) is 0 Å². The molecule has 0 spiro atoms. The molecule has 1 aliphatic heterocycles. The molecule has 0 bridgehead atoms. The molecule has 0 aliphatic carbocycles. The number of urea groups is 1. The molecule has 0 saturated carbocycles. The number of likely N-dealkylation sites (tertiary alicyclic amines) is 1. The number of carbonyl (C=O) groups excluding carboxylic acids is 2. The van der Waals surface area contributed by atoms with Gasteiger partial charge in [0.1, 0.15) is 0 Å². The number of rotatable bonds is 5. The average molecular weight is 317 g/mol. The van der Waals surface area contributed by atoms with E-state index in [1.165, 1.54) is 0 Å². The number of piperidine rings is 1. The van der Waals surface area contributed by atoms with E-state index in [0.717, 1.165) is 38.0 Å². The van der Waals surface area contributed by atoms with Crippen molar-refractivity contribution in [3.8, 4) is 0 Å². The number of nitrogens with one attached hydrogen (secondary N) is 1. The Balaban J connectivity index is 1.87. The first-order chi connectivity index (χ1) is 11.2. The molecule has 23 heavy (non-hydrogen) atoms. The highest BCUT2D eigenvalue weighted by Crippen LogP contribution is 2.19. The minimum atomic E-state index is -0.0779. The molecule has 1 N–H and O–H groups in total. The van der Waals surface area contributed by atoms with E-state index in [0.29, 0.717) is 13.1 Å². The predicted octanol–water partition coefficient (Wildman–Crippen LogP) is 2.48. The lowest BCUT2D eigenvalue weighted by atomic mass is 9.96. The molecular formula is C18H27N3O2. The van der Waals surface area contributed by atoms with Crippen LogP contribution in [0.2, 0.25) is 0 Å². The minimum absolute atomic E-state index is 0.0638. The van der Waals surface area contributed by atoms with Gasteiger partial charge in [-0.15, -0.1) is 0 Å². The van der Waals surface area contributed by atoms with Crippen LogP contribution in [-0.2, 0) is 11.3 Å². The van der Waals surface area contributed by atoms with Crippen LogP contribution in [0.15, 0.2) is 30.3 Å². The van der Waals surface area contributed by atoms with Crippen molar-refractivity contribution in [1.82, 2.24) is 15.1 Å². The summed E-state index contributed by atoms with van der Waals surface area (Å²) in [5.41, 5.74) is 1.08. The van der Waals surface area contributed by atoms with Crippen molar-refractivity contribution < 1.29 is 9.59 Å². The fraction of sp³-hybridized carbons (Fsp3) is 0.556. The van der Waals surface area contributed by atoms with Gasteiger partial charge < -0.3 is 15.1 Å². The van der Waals surface area contributed by atoms with Crippen LogP contribution in [0.3, 0.4) is 0 Å². The first kappa shape index (κ1) is 17.3. The average Bonchev–Trinajstić information content (AvgIpc) is 2.61. The standard InChI is InChI=1S/C18H27N3O2/c1-3-20(4-2)17(22)16-11-8-12-21(14-16)18(23)19-13-15-9-6-5-7-10-15/h5-7,9-10,16H,3-4,8,11-14H2,1-2H3,(H,19,23). The van der Waals surface area contributed by atoms with Crippen LogP contribution in [0.5, 0.6) is 0 Å². The lowest BCUT2D eigenvalue weighted by molar-refractivity contribution is -0.136. The van der Waals surface area contributed by atoms with Crippen molar-refractivity contribution in [1.29, 1.82) is 0 Å². The third kappa shape index (κ3) is 4.71. The van der Waals surface area contributed by atoms with Gasteiger partial charge in [-0.1, -0.05) is 30.3 Å². The molecule has 126 valence electrons. The summed E-state index contributed by atoms with van der Waals surface area (Å²) < 4.78 is 0. The molecular weight excluding hydrogens is 290 g/mol. The lowest BCUT2D eigenvalue weighted by Gasteiger charge is -2.34. The maximum Gasteiger partial charge on any atom is 0.317 e. The molecule has 1 fully saturated rings. The van der Waals surface area contributed by atoms with E-state index >= 15 is 0 Å². The molecule has 0 radical (unpaired) electrons. The van der Waals surface area contributed by atoms with Crippen LogP contribution in [0.4, 0.5) is 4.79 Å². The second-order valence-electron chi connectivity index (χ2n) is 5.94. The van der Waals surface area contributed by atoms with E-state index in [1.54, 1.807) is 4.90 Å². The van der Waals surface area contributed by atoms with Gasteiger partial charge in [-0.3, -0.25) is 4.79 Å². The Bertz CT molecular complexity index is 514. The summed E-state index contributed by atoms with van der Waals surface area (Å²) in [5, 5.41) is 2.95. The highest BCUT2D eigenvalue weighted by molar-refractivity contribution is 5.81. The maximum atomic E-state index is 12.5. The summed E-state index contributed by atoms with van der Waals surface area (Å²) in [7, 11) is 0. The Morgan fingerprint density at radius 2 is 1.91 bits per heavy atom. The third-order valence-electron chi connectivity index (χ3n) is 4.42. The number of benzene rings is 1. The second kappa shape index (κ2) is 8.56. The quantitative estimate of drug-likeness (QED) is 0.907. The zero-order valence-corrected chi connectivity index (χ0v) is 14.1. The molecule has 5 nitrogen and oxygen atoms in total. The zero-order valence-electron chi connectivity index (χ0n) is 14.1. The highest BCUT2D eigenvalue weighted by Gasteiger charge is 2.30. The molecule has 0 aromatic heterocycles. The van der Waals surface area contributed by atoms with Crippen molar-refractivity contribution in [3.05, 3.63) is 35.9 Å². The zero-order chi connectivity index (χ0) is 16.7. The van der Waals surface area contributed by atoms with Gasteiger partial charge in [0.25, 0.3) is 0 Å². The van der Waals surface area contributed by atoms with Gasteiger partial charge in [0.05, 0.1) is 5.92 Å². The van der Waals surface area contributed by atoms with Gasteiger partial charge in [-0.25, -0.2) is 4.79 Å². The first-order valence-corrected chi connectivity index (χ1v) is 8.51. The fourth-order valence-electron chi connectivity index (χ4n) is 3.04. The Morgan fingerprint density at radius 1 is 1.22 bits per heavy atom. The normalized spacial score (nSPS) is 17.7. The third-order valence-corrected chi connectivity index (χ3v) is 4.42. The number of hydrogen-bond acceptors (Lipinski definition) is 2. The van der Waals surface area contributed by atoms with Crippen LogP contribution in [0.1, 0.15) is 32.3 Å². The highest BCUT2D eigenvalue weighted by atomic mass is 16.2. The minimum Gasteiger partial charge on any atom is -0.343 e. The van der Waals surface area contributed by atoms with Crippen molar-refractivity contribution >= 4 is 11.9 Å². The van der Waals surface area contributed by atoms with Gasteiger partial charge >= 0.3 is 6.03 Å². The summed E-state index contributed by atoms with van der Waals surface area (Å²) in [6.07, 6.45) is 1.76. The van der Waals surface area contributed by atoms with Crippen molar-refractivity contribution in [2.24, 2.45) is 5.92 Å². The largest absolute Gasteiger partial charge is 0.343 e. The van der Waals surface area contributed by atoms with E-state index < -0.39 is 0 Å². The summed E-state index contributed by atoms with van der Waals surface area (Å²) in [5.74, 6) is 0.113. The van der Waals surface area contributed by atoms with Crippen LogP contribution >= 0.6 is 0 Å². The number of hydrogen-bond donors (Lipinski definition) is 1. The topological polar surface area (TPSA) is 52.7 Å². The molecule has 1 atom stereocenters. The van der Waals surface area contributed by atoms with Gasteiger partial charge in [0, 0.05) is 32.7 Å². The Morgan fingerprint density at radius 3 is 2.57 bits per heavy atom. The molecule has 1 aromatic rings. The molecule has 2 rings (SSSR count). The fourth-order valence-corrected chi connectivity index (χ4v) is 3.04. The van der Waals surface area contributed by atoms with Crippen LogP contribution in [0.25, 0.3) is 0 Å². The predicted molar refractivity (Wildman–Crippen MR) is 90.9 cm³/mol. The molecule has 1 aliphatic rings. The van der Waals surface area contributed by atoms with Gasteiger partial charge in [0.2, 0.25) is 5.91 Å².